The minimum Gasteiger partial charge on any atom is -0.309 e. The molecule has 5 nitrogen and oxygen atoms in total. The first-order valence-corrected chi connectivity index (χ1v) is 22.4. The summed E-state index contributed by atoms with van der Waals surface area (Å²) < 4.78 is 4.96. The molecular formula is C61H37N5. The number of benzene rings is 11. The van der Waals surface area contributed by atoms with Crippen LogP contribution in [0.15, 0.2) is 224 Å². The van der Waals surface area contributed by atoms with Gasteiger partial charge in [0.15, 0.2) is 17.5 Å². The number of rotatable bonds is 5. The van der Waals surface area contributed by atoms with Crippen molar-refractivity contribution >= 4 is 86.7 Å². The van der Waals surface area contributed by atoms with Gasteiger partial charge in [0.1, 0.15) is 0 Å². The summed E-state index contributed by atoms with van der Waals surface area (Å²) in [6, 6.07) is 80.5. The summed E-state index contributed by atoms with van der Waals surface area (Å²) in [5, 5.41) is 14.2. The maximum absolute atomic E-state index is 5.30. The van der Waals surface area contributed by atoms with Crippen LogP contribution in [0, 0.1) is 0 Å². The Morgan fingerprint density at radius 3 is 1.53 bits per heavy atom. The molecular weight excluding hydrogens is 803 g/mol. The van der Waals surface area contributed by atoms with E-state index in [-0.39, 0.29) is 0 Å². The van der Waals surface area contributed by atoms with E-state index in [1.807, 2.05) is 18.2 Å². The fourth-order valence-electron chi connectivity index (χ4n) is 10.6. The first-order valence-electron chi connectivity index (χ1n) is 22.4. The van der Waals surface area contributed by atoms with Crippen LogP contribution in [0.2, 0.25) is 0 Å². The van der Waals surface area contributed by atoms with Crippen molar-refractivity contribution in [2.24, 2.45) is 0 Å². The quantitative estimate of drug-likeness (QED) is 0.162. The molecule has 0 atom stereocenters. The van der Waals surface area contributed by atoms with Gasteiger partial charge in [0.25, 0.3) is 0 Å². The lowest BCUT2D eigenvalue weighted by molar-refractivity contribution is 1.08. The third-order valence-corrected chi connectivity index (χ3v) is 13.5. The highest BCUT2D eigenvalue weighted by Gasteiger charge is 2.24. The van der Waals surface area contributed by atoms with Crippen LogP contribution in [0.5, 0.6) is 0 Å². The van der Waals surface area contributed by atoms with Gasteiger partial charge in [-0.05, 0) is 74.8 Å². The van der Waals surface area contributed by atoms with Crippen molar-refractivity contribution in [3.05, 3.63) is 224 Å². The van der Waals surface area contributed by atoms with Gasteiger partial charge in [-0.15, -0.1) is 0 Å². The van der Waals surface area contributed by atoms with Crippen molar-refractivity contribution in [3.63, 3.8) is 0 Å². The van der Waals surface area contributed by atoms with Gasteiger partial charge in [0.05, 0.1) is 33.4 Å². The molecule has 0 aliphatic heterocycles. The molecule has 11 aromatic carbocycles. The van der Waals surface area contributed by atoms with E-state index < -0.39 is 0 Å². The number of nitrogens with zero attached hydrogens (tertiary/aromatic N) is 5. The first kappa shape index (κ1) is 36.5. The summed E-state index contributed by atoms with van der Waals surface area (Å²) in [7, 11) is 0. The second-order valence-corrected chi connectivity index (χ2v) is 17.1. The van der Waals surface area contributed by atoms with Gasteiger partial charge in [0.2, 0.25) is 0 Å². The van der Waals surface area contributed by atoms with E-state index in [1.165, 1.54) is 65.2 Å². The maximum atomic E-state index is 5.30. The van der Waals surface area contributed by atoms with E-state index in [0.717, 1.165) is 49.6 Å². The van der Waals surface area contributed by atoms with Crippen LogP contribution in [-0.4, -0.2) is 24.1 Å². The zero-order valence-electron chi connectivity index (χ0n) is 35.6. The molecule has 5 heteroatoms. The predicted octanol–water partition coefficient (Wildman–Crippen LogP) is 15.7. The fraction of sp³-hybridized carbons (Fsp3) is 0. The molecule has 0 bridgehead atoms. The first-order chi connectivity index (χ1) is 32.7. The maximum Gasteiger partial charge on any atom is 0.164 e. The highest BCUT2D eigenvalue weighted by Crippen LogP contribution is 2.45. The molecule has 0 aliphatic carbocycles. The van der Waals surface area contributed by atoms with E-state index >= 15 is 0 Å². The average Bonchev–Trinajstić information content (AvgIpc) is 3.90. The lowest BCUT2D eigenvalue weighted by Gasteiger charge is -2.17. The summed E-state index contributed by atoms with van der Waals surface area (Å²) in [6.07, 6.45) is 0. The number of aromatic nitrogens is 5. The van der Waals surface area contributed by atoms with Gasteiger partial charge in [-0.1, -0.05) is 182 Å². The van der Waals surface area contributed by atoms with Crippen LogP contribution >= 0.6 is 0 Å². The SMILES string of the molecule is c1ccc(-c2nc(-c3ccc4c(ccc5ccccc54)c3)nc(-c3ccc(-n4c5ccccc5c5c(-n6c7ccccc7c7ccccc76)c6ccccc6cc54)c4ccccc34)n2)cc1. The van der Waals surface area contributed by atoms with Gasteiger partial charge >= 0.3 is 0 Å². The van der Waals surface area contributed by atoms with Crippen LogP contribution in [0.1, 0.15) is 0 Å². The van der Waals surface area contributed by atoms with Crippen LogP contribution in [0.4, 0.5) is 0 Å². The number of hydrogen-bond donors (Lipinski definition) is 0. The number of para-hydroxylation sites is 3. The lowest BCUT2D eigenvalue weighted by Crippen LogP contribution is -2.02. The normalized spacial score (nSPS) is 11.9. The third-order valence-electron chi connectivity index (χ3n) is 13.5. The van der Waals surface area contributed by atoms with Crippen LogP contribution in [-0.2, 0) is 0 Å². The molecule has 3 aromatic heterocycles. The van der Waals surface area contributed by atoms with Crippen molar-refractivity contribution in [1.29, 1.82) is 0 Å². The zero-order chi connectivity index (χ0) is 43.3. The van der Waals surface area contributed by atoms with Crippen LogP contribution < -0.4 is 0 Å². The van der Waals surface area contributed by atoms with Crippen molar-refractivity contribution in [2.45, 2.75) is 0 Å². The summed E-state index contributed by atoms with van der Waals surface area (Å²) in [5.74, 6) is 1.89. The molecule has 0 N–H and O–H groups in total. The Kier molecular flexibility index (Phi) is 7.91. The van der Waals surface area contributed by atoms with Gasteiger partial charge in [0, 0.05) is 49.0 Å². The van der Waals surface area contributed by atoms with E-state index in [4.69, 9.17) is 15.0 Å². The average molecular weight is 840 g/mol. The summed E-state index contributed by atoms with van der Waals surface area (Å²) in [4.78, 5) is 15.7. The minimum absolute atomic E-state index is 0.627. The molecule has 14 aromatic rings. The smallest absolute Gasteiger partial charge is 0.164 e. The molecule has 0 fully saturated rings. The van der Waals surface area contributed by atoms with E-state index in [2.05, 4.69) is 215 Å². The van der Waals surface area contributed by atoms with E-state index in [0.29, 0.717) is 17.5 Å². The van der Waals surface area contributed by atoms with Crippen molar-refractivity contribution in [1.82, 2.24) is 24.1 Å². The molecule has 3 heterocycles. The highest BCUT2D eigenvalue weighted by molar-refractivity contribution is 6.23. The molecule has 0 saturated carbocycles. The van der Waals surface area contributed by atoms with E-state index in [9.17, 15) is 0 Å². The van der Waals surface area contributed by atoms with Crippen molar-refractivity contribution in [3.8, 4) is 45.5 Å². The molecule has 306 valence electrons. The van der Waals surface area contributed by atoms with Crippen LogP contribution in [0.25, 0.3) is 132 Å². The predicted molar refractivity (Wildman–Crippen MR) is 275 cm³/mol. The molecule has 66 heavy (non-hydrogen) atoms. The van der Waals surface area contributed by atoms with Gasteiger partial charge in [-0.2, -0.15) is 0 Å². The second-order valence-electron chi connectivity index (χ2n) is 17.1. The Hall–Kier alpha value is -8.93. The number of hydrogen-bond acceptors (Lipinski definition) is 3. The molecule has 0 saturated heterocycles. The second kappa shape index (κ2) is 14.3. The van der Waals surface area contributed by atoms with Gasteiger partial charge in [-0.25, -0.2) is 15.0 Å². The zero-order valence-corrected chi connectivity index (χ0v) is 35.6. The standard InChI is InChI=1S/C61H37N5/c1-2-17-39(18-3-1)59-62-60(42-32-33-44-41(36-42)31-30-38-16-4-6-20-43(38)44)64-61(63-59)50-34-35-55(47-23-9-8-22-46(47)50)65-54-29-15-12-26-51(54)57-56(65)37-40-19-5-7-21-45(40)58(57)66-52-27-13-10-24-48(52)49-25-11-14-28-53(49)66/h1-37H. The van der Waals surface area contributed by atoms with Crippen molar-refractivity contribution < 1.29 is 0 Å². The summed E-state index contributed by atoms with van der Waals surface area (Å²) >= 11 is 0. The summed E-state index contributed by atoms with van der Waals surface area (Å²) in [5.41, 5.74) is 9.75. The monoisotopic (exact) mass is 839 g/mol. The Bertz CT molecular complexity index is 4240. The topological polar surface area (TPSA) is 48.5 Å². The molecule has 0 radical (unpaired) electrons. The van der Waals surface area contributed by atoms with Gasteiger partial charge in [-0.3, -0.25) is 0 Å². The molecule has 0 aliphatic rings. The lowest BCUT2D eigenvalue weighted by atomic mass is 9.99. The Labute approximate surface area is 379 Å². The van der Waals surface area contributed by atoms with Crippen LogP contribution in [0.3, 0.4) is 0 Å². The Morgan fingerprint density at radius 2 is 0.788 bits per heavy atom. The number of fused-ring (bicyclic) bond motifs is 11. The fourth-order valence-corrected chi connectivity index (χ4v) is 10.6. The molecule has 0 amide bonds. The van der Waals surface area contributed by atoms with Crippen molar-refractivity contribution in [2.75, 3.05) is 0 Å². The van der Waals surface area contributed by atoms with E-state index in [1.54, 1.807) is 0 Å². The molecule has 0 spiro atoms. The summed E-state index contributed by atoms with van der Waals surface area (Å²) in [6.45, 7) is 0. The Morgan fingerprint density at radius 1 is 0.273 bits per heavy atom. The minimum atomic E-state index is 0.627. The largest absolute Gasteiger partial charge is 0.309 e. The Balaban J connectivity index is 1.02. The molecule has 14 rings (SSSR count). The highest BCUT2D eigenvalue weighted by atomic mass is 15.0. The molecule has 0 unspecified atom stereocenters. The van der Waals surface area contributed by atoms with Gasteiger partial charge < -0.3 is 9.13 Å². The third kappa shape index (κ3) is 5.44.